The zero-order valence-corrected chi connectivity index (χ0v) is 16.0. The molecule has 1 heterocycles. The maximum Gasteiger partial charge on any atom is 0.262 e. The van der Waals surface area contributed by atoms with Gasteiger partial charge in [0.25, 0.3) is 5.91 Å². The highest BCUT2D eigenvalue weighted by Crippen LogP contribution is 2.27. The van der Waals surface area contributed by atoms with Gasteiger partial charge in [0.15, 0.2) is 6.61 Å². The Morgan fingerprint density at radius 1 is 1.25 bits per heavy atom. The van der Waals surface area contributed by atoms with Gasteiger partial charge in [-0.15, -0.1) is 0 Å². The minimum Gasteiger partial charge on any atom is -0.484 e. The van der Waals surface area contributed by atoms with Crippen LogP contribution in [0.15, 0.2) is 42.5 Å². The van der Waals surface area contributed by atoms with E-state index in [-0.39, 0.29) is 31.4 Å². The fourth-order valence-electron chi connectivity index (χ4n) is 2.93. The van der Waals surface area contributed by atoms with Crippen LogP contribution in [0.2, 0.25) is 5.02 Å². The first kappa shape index (κ1) is 19.7. The first-order valence-electron chi connectivity index (χ1n) is 8.72. The van der Waals surface area contributed by atoms with Crippen molar-refractivity contribution < 1.29 is 19.1 Å². The maximum atomic E-state index is 12.1. The van der Waals surface area contributed by atoms with Crippen molar-refractivity contribution in [2.45, 2.75) is 13.3 Å². The summed E-state index contributed by atoms with van der Waals surface area (Å²) in [5.41, 5.74) is 7.46. The number of nitrogens with one attached hydrogen (secondary N) is 1. The van der Waals surface area contributed by atoms with Crippen molar-refractivity contribution >= 4 is 40.7 Å². The van der Waals surface area contributed by atoms with Crippen LogP contribution in [-0.4, -0.2) is 30.9 Å². The SMILES string of the molecule is Cc1ccc(Cl)cc1NC(=O)COc1ccc(N2C[C@@H](C(N)=O)CC2=O)cc1. The fraction of sp³-hybridized carbons (Fsp3) is 0.250. The molecule has 1 fully saturated rings. The van der Waals surface area contributed by atoms with Crippen LogP contribution in [0.25, 0.3) is 0 Å². The highest BCUT2D eigenvalue weighted by Gasteiger charge is 2.33. The molecule has 0 aromatic heterocycles. The van der Waals surface area contributed by atoms with Crippen LogP contribution >= 0.6 is 11.6 Å². The number of carbonyl (C=O) groups is 3. The van der Waals surface area contributed by atoms with E-state index in [1.54, 1.807) is 36.4 Å². The summed E-state index contributed by atoms with van der Waals surface area (Å²) in [5.74, 6) is -0.916. The van der Waals surface area contributed by atoms with E-state index in [0.717, 1.165) is 5.56 Å². The summed E-state index contributed by atoms with van der Waals surface area (Å²) < 4.78 is 5.49. The second-order valence-corrected chi connectivity index (χ2v) is 7.03. The fourth-order valence-corrected chi connectivity index (χ4v) is 3.11. The Labute approximate surface area is 167 Å². The van der Waals surface area contributed by atoms with Crippen LogP contribution in [0.5, 0.6) is 5.75 Å². The third kappa shape index (κ3) is 4.61. The van der Waals surface area contributed by atoms with Crippen molar-refractivity contribution in [1.82, 2.24) is 0 Å². The molecule has 0 radical (unpaired) electrons. The first-order chi connectivity index (χ1) is 13.3. The van der Waals surface area contributed by atoms with Crippen molar-refractivity contribution in [3.05, 3.63) is 53.1 Å². The Morgan fingerprint density at radius 3 is 2.61 bits per heavy atom. The number of halogens is 1. The van der Waals surface area contributed by atoms with Gasteiger partial charge < -0.3 is 20.7 Å². The molecule has 0 bridgehead atoms. The van der Waals surface area contributed by atoms with E-state index in [0.29, 0.717) is 22.1 Å². The Balaban J connectivity index is 1.56. The predicted molar refractivity (Wildman–Crippen MR) is 106 cm³/mol. The molecule has 3 amide bonds. The van der Waals surface area contributed by atoms with E-state index < -0.39 is 11.8 Å². The molecule has 3 N–H and O–H groups in total. The highest BCUT2D eigenvalue weighted by atomic mass is 35.5. The maximum absolute atomic E-state index is 12.1. The average Bonchev–Trinajstić information content (AvgIpc) is 3.05. The van der Waals surface area contributed by atoms with E-state index in [4.69, 9.17) is 22.1 Å². The summed E-state index contributed by atoms with van der Waals surface area (Å²) in [7, 11) is 0. The lowest BCUT2D eigenvalue weighted by atomic mass is 10.1. The van der Waals surface area contributed by atoms with Crippen LogP contribution in [0.4, 0.5) is 11.4 Å². The van der Waals surface area contributed by atoms with E-state index >= 15 is 0 Å². The number of nitrogens with zero attached hydrogens (tertiary/aromatic N) is 1. The molecule has 7 nitrogen and oxygen atoms in total. The number of benzene rings is 2. The van der Waals surface area contributed by atoms with E-state index in [1.807, 2.05) is 13.0 Å². The number of hydrogen-bond acceptors (Lipinski definition) is 4. The van der Waals surface area contributed by atoms with Crippen molar-refractivity contribution in [2.24, 2.45) is 11.7 Å². The van der Waals surface area contributed by atoms with Crippen LogP contribution < -0.4 is 20.7 Å². The van der Waals surface area contributed by atoms with Crippen molar-refractivity contribution in [1.29, 1.82) is 0 Å². The minimum atomic E-state index is -0.475. The van der Waals surface area contributed by atoms with Crippen molar-refractivity contribution in [3.8, 4) is 5.75 Å². The summed E-state index contributed by atoms with van der Waals surface area (Å²) in [6, 6.07) is 12.0. The summed E-state index contributed by atoms with van der Waals surface area (Å²) >= 11 is 5.94. The summed E-state index contributed by atoms with van der Waals surface area (Å²) in [5, 5.41) is 3.29. The van der Waals surface area contributed by atoms with E-state index in [2.05, 4.69) is 5.32 Å². The second kappa shape index (κ2) is 8.31. The number of hydrogen-bond donors (Lipinski definition) is 2. The molecule has 0 spiro atoms. The first-order valence-corrected chi connectivity index (χ1v) is 9.10. The molecule has 0 unspecified atom stereocenters. The molecule has 1 atom stereocenters. The smallest absolute Gasteiger partial charge is 0.262 e. The molecular formula is C20H20ClN3O4. The molecule has 8 heteroatoms. The summed E-state index contributed by atoms with van der Waals surface area (Å²) in [6.45, 7) is 1.97. The van der Waals surface area contributed by atoms with Gasteiger partial charge in [0.1, 0.15) is 5.75 Å². The number of primary amides is 1. The number of ether oxygens (including phenoxy) is 1. The van der Waals surface area contributed by atoms with Gasteiger partial charge in [0, 0.05) is 29.4 Å². The van der Waals surface area contributed by atoms with Crippen molar-refractivity contribution in [2.75, 3.05) is 23.4 Å². The minimum absolute atomic E-state index is 0.122. The van der Waals surface area contributed by atoms with Gasteiger partial charge >= 0.3 is 0 Å². The molecule has 146 valence electrons. The Kier molecular flexibility index (Phi) is 5.84. The molecule has 1 aliphatic heterocycles. The van der Waals surface area contributed by atoms with Gasteiger partial charge in [-0.3, -0.25) is 14.4 Å². The molecule has 1 aliphatic rings. The van der Waals surface area contributed by atoms with Crippen LogP contribution in [0, 0.1) is 12.8 Å². The third-order valence-corrected chi connectivity index (χ3v) is 4.75. The number of carbonyl (C=O) groups excluding carboxylic acids is 3. The molecular weight excluding hydrogens is 382 g/mol. The standard InChI is InChI=1S/C20H20ClN3O4/c1-12-2-3-14(21)9-17(12)23-18(25)11-28-16-6-4-15(5-7-16)24-10-13(20(22)27)8-19(24)26/h2-7,9,13H,8,10-11H2,1H3,(H2,22,27)(H,23,25)/t13-/m0/s1. The molecule has 0 aliphatic carbocycles. The lowest BCUT2D eigenvalue weighted by molar-refractivity contribution is -0.123. The lowest BCUT2D eigenvalue weighted by Crippen LogP contribution is -2.28. The molecule has 3 rings (SSSR count). The molecule has 2 aromatic rings. The number of aryl methyl sites for hydroxylation is 1. The normalized spacial score (nSPS) is 16.1. The van der Waals surface area contributed by atoms with Gasteiger partial charge in [0.05, 0.1) is 5.92 Å². The molecule has 2 aromatic carbocycles. The Morgan fingerprint density at radius 2 is 1.96 bits per heavy atom. The number of nitrogens with two attached hydrogens (primary N) is 1. The third-order valence-electron chi connectivity index (χ3n) is 4.52. The van der Waals surface area contributed by atoms with Gasteiger partial charge in [-0.1, -0.05) is 17.7 Å². The van der Waals surface area contributed by atoms with Crippen LogP contribution in [-0.2, 0) is 14.4 Å². The zero-order chi connectivity index (χ0) is 20.3. The molecule has 0 saturated carbocycles. The highest BCUT2D eigenvalue weighted by molar-refractivity contribution is 6.31. The molecule has 28 heavy (non-hydrogen) atoms. The zero-order valence-electron chi connectivity index (χ0n) is 15.3. The Hall–Kier alpha value is -3.06. The van der Waals surface area contributed by atoms with E-state index in [1.165, 1.54) is 4.90 Å². The monoisotopic (exact) mass is 401 g/mol. The van der Waals surface area contributed by atoms with Gasteiger partial charge in [0.2, 0.25) is 11.8 Å². The largest absolute Gasteiger partial charge is 0.484 e. The second-order valence-electron chi connectivity index (χ2n) is 6.60. The lowest BCUT2D eigenvalue weighted by Gasteiger charge is -2.16. The number of amides is 3. The number of anilines is 2. The van der Waals surface area contributed by atoms with Crippen LogP contribution in [0.1, 0.15) is 12.0 Å². The topological polar surface area (TPSA) is 102 Å². The Bertz CT molecular complexity index is 914. The van der Waals surface area contributed by atoms with Crippen LogP contribution in [0.3, 0.4) is 0 Å². The average molecular weight is 402 g/mol. The number of rotatable bonds is 6. The quantitative estimate of drug-likeness (QED) is 0.776. The summed E-state index contributed by atoms with van der Waals surface area (Å²) in [4.78, 5) is 36.9. The molecule has 1 saturated heterocycles. The van der Waals surface area contributed by atoms with Gasteiger partial charge in [-0.25, -0.2) is 0 Å². The van der Waals surface area contributed by atoms with E-state index in [9.17, 15) is 14.4 Å². The summed E-state index contributed by atoms with van der Waals surface area (Å²) in [6.07, 6.45) is 0.122. The van der Waals surface area contributed by atoms with Gasteiger partial charge in [-0.05, 0) is 48.9 Å². The predicted octanol–water partition coefficient (Wildman–Crippen LogP) is 2.50. The van der Waals surface area contributed by atoms with Crippen molar-refractivity contribution in [3.63, 3.8) is 0 Å². The van der Waals surface area contributed by atoms with Gasteiger partial charge in [-0.2, -0.15) is 0 Å².